The molecule has 0 heterocycles. The predicted molar refractivity (Wildman–Crippen MR) is 82.7 cm³/mol. The highest BCUT2D eigenvalue weighted by Crippen LogP contribution is 2.43. The predicted octanol–water partition coefficient (Wildman–Crippen LogP) is 2.77. The van der Waals surface area contributed by atoms with Gasteiger partial charge in [0.15, 0.2) is 0 Å². The molecular weight excluding hydrogens is 320 g/mol. The van der Waals surface area contributed by atoms with Crippen molar-refractivity contribution >= 4 is 22.0 Å². The number of halogens is 1. The Morgan fingerprint density at radius 2 is 2.25 bits per heavy atom. The van der Waals surface area contributed by atoms with E-state index in [0.717, 1.165) is 17.3 Å². The number of rotatable bonds is 6. The molecule has 2 rings (SSSR count). The van der Waals surface area contributed by atoms with E-state index in [1.54, 1.807) is 0 Å². The Bertz CT molecular complexity index is 467. The van der Waals surface area contributed by atoms with E-state index in [1.807, 2.05) is 25.1 Å². The molecule has 1 aliphatic rings. The fourth-order valence-electron chi connectivity index (χ4n) is 2.25. The van der Waals surface area contributed by atoms with E-state index >= 15 is 0 Å². The van der Waals surface area contributed by atoms with Crippen molar-refractivity contribution in [3.8, 4) is 0 Å². The Morgan fingerprint density at radius 1 is 1.50 bits per heavy atom. The zero-order valence-corrected chi connectivity index (χ0v) is 13.2. The molecule has 1 aromatic carbocycles. The lowest BCUT2D eigenvalue weighted by Gasteiger charge is -2.10. The summed E-state index contributed by atoms with van der Waals surface area (Å²) in [5.74, 6) is 0.401. The molecule has 0 saturated heterocycles. The van der Waals surface area contributed by atoms with Crippen LogP contribution in [0.3, 0.4) is 0 Å². The second kappa shape index (κ2) is 7.09. The SMILES string of the molecule is CCC(O)CCNC(=O)NC1CC1c1ccccc1Br. The molecule has 0 aliphatic heterocycles. The Balaban J connectivity index is 1.71. The summed E-state index contributed by atoms with van der Waals surface area (Å²) >= 11 is 3.54. The minimum Gasteiger partial charge on any atom is -0.393 e. The van der Waals surface area contributed by atoms with E-state index in [2.05, 4.69) is 32.6 Å². The van der Waals surface area contributed by atoms with E-state index in [9.17, 15) is 9.90 Å². The van der Waals surface area contributed by atoms with Crippen molar-refractivity contribution in [2.24, 2.45) is 0 Å². The number of nitrogens with one attached hydrogen (secondary N) is 2. The van der Waals surface area contributed by atoms with Gasteiger partial charge in [-0.05, 0) is 30.9 Å². The first kappa shape index (κ1) is 15.3. The summed E-state index contributed by atoms with van der Waals surface area (Å²) in [6.45, 7) is 2.44. The van der Waals surface area contributed by atoms with Gasteiger partial charge in [-0.1, -0.05) is 41.1 Å². The average Bonchev–Trinajstić information content (AvgIpc) is 3.18. The molecule has 1 saturated carbocycles. The number of aliphatic hydroxyl groups is 1. The number of hydrogen-bond donors (Lipinski definition) is 3. The smallest absolute Gasteiger partial charge is 0.315 e. The van der Waals surface area contributed by atoms with Crippen molar-refractivity contribution in [2.45, 2.75) is 44.2 Å². The van der Waals surface area contributed by atoms with Gasteiger partial charge in [0, 0.05) is 23.0 Å². The maximum Gasteiger partial charge on any atom is 0.315 e. The van der Waals surface area contributed by atoms with E-state index < -0.39 is 0 Å². The third-order valence-corrected chi connectivity index (χ3v) is 4.37. The lowest BCUT2D eigenvalue weighted by atomic mass is 10.1. The zero-order valence-electron chi connectivity index (χ0n) is 11.6. The van der Waals surface area contributed by atoms with E-state index in [1.165, 1.54) is 5.56 Å². The number of carbonyl (C=O) groups excluding carboxylic acids is 1. The third-order valence-electron chi connectivity index (χ3n) is 3.65. The molecular formula is C15H21BrN2O2. The summed E-state index contributed by atoms with van der Waals surface area (Å²) in [7, 11) is 0. The fourth-order valence-corrected chi connectivity index (χ4v) is 2.83. The fraction of sp³-hybridized carbons (Fsp3) is 0.533. The summed E-state index contributed by atoms with van der Waals surface area (Å²) in [6, 6.07) is 8.19. The highest BCUT2D eigenvalue weighted by atomic mass is 79.9. The van der Waals surface area contributed by atoms with Crippen LogP contribution in [-0.4, -0.2) is 29.8 Å². The Labute approximate surface area is 128 Å². The first-order chi connectivity index (χ1) is 9.61. The minimum absolute atomic E-state index is 0.146. The van der Waals surface area contributed by atoms with Gasteiger partial charge in [0.25, 0.3) is 0 Å². The molecule has 1 fully saturated rings. The first-order valence-corrected chi connectivity index (χ1v) is 7.88. The first-order valence-electron chi connectivity index (χ1n) is 7.08. The molecule has 0 radical (unpaired) electrons. The molecule has 1 aromatic rings. The van der Waals surface area contributed by atoms with Crippen molar-refractivity contribution in [1.29, 1.82) is 0 Å². The second-order valence-corrected chi connectivity index (χ2v) is 6.08. The van der Waals surface area contributed by atoms with Gasteiger partial charge in [-0.15, -0.1) is 0 Å². The van der Waals surface area contributed by atoms with Crippen LogP contribution < -0.4 is 10.6 Å². The summed E-state index contributed by atoms with van der Waals surface area (Å²) in [5, 5.41) is 15.2. The molecule has 0 bridgehead atoms. The zero-order chi connectivity index (χ0) is 14.5. The molecule has 2 amide bonds. The maximum absolute atomic E-state index is 11.7. The molecule has 3 N–H and O–H groups in total. The molecule has 20 heavy (non-hydrogen) atoms. The van der Waals surface area contributed by atoms with Crippen LogP contribution in [0.1, 0.15) is 37.7 Å². The molecule has 0 aromatic heterocycles. The van der Waals surface area contributed by atoms with Crippen molar-refractivity contribution in [3.63, 3.8) is 0 Å². The normalized spacial score (nSPS) is 22.1. The Morgan fingerprint density at radius 3 is 2.95 bits per heavy atom. The van der Waals surface area contributed by atoms with Crippen LogP contribution in [0, 0.1) is 0 Å². The van der Waals surface area contributed by atoms with Gasteiger partial charge < -0.3 is 15.7 Å². The van der Waals surface area contributed by atoms with Gasteiger partial charge in [-0.3, -0.25) is 0 Å². The van der Waals surface area contributed by atoms with Crippen molar-refractivity contribution in [1.82, 2.24) is 10.6 Å². The number of benzene rings is 1. The topological polar surface area (TPSA) is 61.4 Å². The largest absolute Gasteiger partial charge is 0.393 e. The van der Waals surface area contributed by atoms with Gasteiger partial charge in [0.05, 0.1) is 6.10 Å². The quantitative estimate of drug-likeness (QED) is 0.745. The third kappa shape index (κ3) is 4.21. The molecule has 5 heteroatoms. The van der Waals surface area contributed by atoms with Crippen molar-refractivity contribution in [3.05, 3.63) is 34.3 Å². The number of carbonyl (C=O) groups is 1. The number of aliphatic hydroxyl groups excluding tert-OH is 1. The highest BCUT2D eigenvalue weighted by molar-refractivity contribution is 9.10. The molecule has 0 spiro atoms. The lowest BCUT2D eigenvalue weighted by Crippen LogP contribution is -2.38. The van der Waals surface area contributed by atoms with E-state index in [0.29, 0.717) is 18.9 Å². The van der Waals surface area contributed by atoms with Gasteiger partial charge in [0.2, 0.25) is 0 Å². The summed E-state index contributed by atoms with van der Waals surface area (Å²) < 4.78 is 1.10. The molecule has 3 atom stereocenters. The number of amides is 2. The Hall–Kier alpha value is -1.07. The molecule has 3 unspecified atom stereocenters. The summed E-state index contributed by atoms with van der Waals surface area (Å²) in [4.78, 5) is 11.7. The number of hydrogen-bond acceptors (Lipinski definition) is 2. The monoisotopic (exact) mass is 340 g/mol. The minimum atomic E-state index is -0.329. The lowest BCUT2D eigenvalue weighted by molar-refractivity contribution is 0.160. The van der Waals surface area contributed by atoms with Crippen LogP contribution in [0.5, 0.6) is 0 Å². The molecule has 4 nitrogen and oxygen atoms in total. The highest BCUT2D eigenvalue weighted by Gasteiger charge is 2.40. The van der Waals surface area contributed by atoms with Crippen LogP contribution in [0.25, 0.3) is 0 Å². The van der Waals surface area contributed by atoms with E-state index in [-0.39, 0.29) is 18.2 Å². The van der Waals surface area contributed by atoms with Gasteiger partial charge >= 0.3 is 6.03 Å². The summed E-state index contributed by atoms with van der Waals surface area (Å²) in [6.07, 6.45) is 1.97. The van der Waals surface area contributed by atoms with Gasteiger partial charge in [-0.25, -0.2) is 4.79 Å². The van der Waals surface area contributed by atoms with Gasteiger partial charge in [-0.2, -0.15) is 0 Å². The second-order valence-electron chi connectivity index (χ2n) is 5.22. The average molecular weight is 341 g/mol. The molecule has 110 valence electrons. The van der Waals surface area contributed by atoms with Gasteiger partial charge in [0.1, 0.15) is 0 Å². The van der Waals surface area contributed by atoms with Crippen molar-refractivity contribution < 1.29 is 9.90 Å². The van der Waals surface area contributed by atoms with Crippen LogP contribution >= 0.6 is 15.9 Å². The Kier molecular flexibility index (Phi) is 5.43. The van der Waals surface area contributed by atoms with E-state index in [4.69, 9.17) is 0 Å². The maximum atomic E-state index is 11.7. The number of urea groups is 1. The summed E-state index contributed by atoms with van der Waals surface area (Å²) in [5.41, 5.74) is 1.25. The van der Waals surface area contributed by atoms with Crippen LogP contribution in [0.15, 0.2) is 28.7 Å². The van der Waals surface area contributed by atoms with Crippen LogP contribution in [0.2, 0.25) is 0 Å². The van der Waals surface area contributed by atoms with Crippen LogP contribution in [-0.2, 0) is 0 Å². The van der Waals surface area contributed by atoms with Crippen molar-refractivity contribution in [2.75, 3.05) is 6.54 Å². The van der Waals surface area contributed by atoms with Crippen LogP contribution in [0.4, 0.5) is 4.79 Å². The standard InChI is InChI=1S/C15H21BrN2O2/c1-2-10(19)7-8-17-15(20)18-14-9-12(14)11-5-3-4-6-13(11)16/h3-6,10,12,14,19H,2,7-9H2,1H3,(H2,17,18,20). The molecule has 1 aliphatic carbocycles.